The monoisotopic (exact) mass is 414 g/mol. The van der Waals surface area contributed by atoms with E-state index in [0.29, 0.717) is 18.7 Å². The molecular formula is C21H26N4O5. The molecular weight excluding hydrogens is 388 g/mol. The van der Waals surface area contributed by atoms with E-state index in [9.17, 15) is 19.2 Å². The van der Waals surface area contributed by atoms with E-state index in [1.807, 2.05) is 20.8 Å². The van der Waals surface area contributed by atoms with Gasteiger partial charge in [0.2, 0.25) is 11.8 Å². The van der Waals surface area contributed by atoms with Gasteiger partial charge < -0.3 is 10.1 Å². The maximum absolute atomic E-state index is 12.9. The molecule has 2 saturated heterocycles. The average molecular weight is 414 g/mol. The first kappa shape index (κ1) is 20.6. The number of benzene rings is 1. The van der Waals surface area contributed by atoms with Gasteiger partial charge in [0.25, 0.3) is 11.8 Å². The molecule has 0 aliphatic carbocycles. The number of hydrogen-bond acceptors (Lipinski definition) is 7. The fourth-order valence-corrected chi connectivity index (χ4v) is 4.36. The number of rotatable bonds is 5. The number of fused-ring (bicyclic) bond motifs is 1. The Morgan fingerprint density at radius 2 is 1.90 bits per heavy atom. The van der Waals surface area contributed by atoms with Gasteiger partial charge in [0.15, 0.2) is 0 Å². The van der Waals surface area contributed by atoms with Crippen LogP contribution in [0.15, 0.2) is 18.2 Å². The largest absolute Gasteiger partial charge is 0.357 e. The van der Waals surface area contributed by atoms with Crippen molar-refractivity contribution in [3.05, 3.63) is 34.9 Å². The second-order valence-electron chi connectivity index (χ2n) is 8.54. The van der Waals surface area contributed by atoms with Crippen LogP contribution in [-0.2, 0) is 20.9 Å². The lowest BCUT2D eigenvalue weighted by Gasteiger charge is -2.27. The van der Waals surface area contributed by atoms with E-state index < -0.39 is 23.8 Å². The summed E-state index contributed by atoms with van der Waals surface area (Å²) in [6, 6.07) is 4.34. The number of amides is 4. The summed E-state index contributed by atoms with van der Waals surface area (Å²) in [5.41, 5.74) is 1.09. The molecule has 160 valence electrons. The molecule has 3 N–H and O–H groups in total. The van der Waals surface area contributed by atoms with E-state index in [-0.39, 0.29) is 42.2 Å². The van der Waals surface area contributed by atoms with Crippen LogP contribution in [0.25, 0.3) is 0 Å². The molecule has 30 heavy (non-hydrogen) atoms. The fourth-order valence-electron chi connectivity index (χ4n) is 4.36. The Morgan fingerprint density at radius 3 is 2.57 bits per heavy atom. The highest BCUT2D eigenvalue weighted by Gasteiger charge is 2.44. The zero-order valence-corrected chi connectivity index (χ0v) is 17.3. The van der Waals surface area contributed by atoms with Gasteiger partial charge in [0, 0.05) is 25.6 Å². The van der Waals surface area contributed by atoms with E-state index in [2.05, 4.69) is 16.0 Å². The predicted octanol–water partition coefficient (Wildman–Crippen LogP) is 0.290. The summed E-state index contributed by atoms with van der Waals surface area (Å²) in [5.74, 6) is -1.98. The number of carbonyl (C=O) groups is 4. The van der Waals surface area contributed by atoms with Gasteiger partial charge in [-0.05, 0) is 44.9 Å². The van der Waals surface area contributed by atoms with Gasteiger partial charge in [0.05, 0.1) is 17.2 Å². The third kappa shape index (κ3) is 3.76. The zero-order valence-electron chi connectivity index (χ0n) is 17.3. The second-order valence-corrected chi connectivity index (χ2v) is 8.54. The van der Waals surface area contributed by atoms with Crippen LogP contribution < -0.4 is 16.0 Å². The molecule has 1 aromatic rings. The Hall–Kier alpha value is -2.62. The number of nitrogens with zero attached hydrogens (tertiary/aromatic N) is 1. The molecule has 9 nitrogen and oxygen atoms in total. The summed E-state index contributed by atoms with van der Waals surface area (Å²) in [6.07, 6.45) is 0.330. The number of ether oxygens (including phenoxy) is 1. The van der Waals surface area contributed by atoms with Crippen molar-refractivity contribution in [1.82, 2.24) is 20.9 Å². The molecule has 3 heterocycles. The van der Waals surface area contributed by atoms with Gasteiger partial charge in [0.1, 0.15) is 11.8 Å². The van der Waals surface area contributed by atoms with Gasteiger partial charge in [-0.3, -0.25) is 34.7 Å². The van der Waals surface area contributed by atoms with Crippen molar-refractivity contribution >= 4 is 23.6 Å². The quantitative estimate of drug-likeness (QED) is 0.593. The molecule has 9 heteroatoms. The number of hydrogen-bond donors (Lipinski definition) is 3. The molecule has 0 saturated carbocycles. The van der Waals surface area contributed by atoms with Gasteiger partial charge in [-0.1, -0.05) is 6.07 Å². The Morgan fingerprint density at radius 1 is 1.17 bits per heavy atom. The Labute approximate surface area is 174 Å². The Kier molecular flexibility index (Phi) is 5.21. The summed E-state index contributed by atoms with van der Waals surface area (Å²) in [7, 11) is 0. The highest BCUT2D eigenvalue weighted by atomic mass is 16.5. The minimum Gasteiger partial charge on any atom is -0.357 e. The standard InChI is InChI=1S/C21H26N4O5/c1-11-15(24-21(2,3)30-11)10-22-9-12-4-5-13-14(8-12)20(29)25(19(13)28)16-6-7-17(26)23-18(16)27/h4-5,8,11,15-16,22,24H,6-7,9-10H2,1-3H3,(H,23,26,27)/t11-,15-,16?/m1/s1. The lowest BCUT2D eigenvalue weighted by molar-refractivity contribution is -0.136. The van der Waals surface area contributed by atoms with E-state index in [1.165, 1.54) is 0 Å². The highest BCUT2D eigenvalue weighted by Crippen LogP contribution is 2.28. The normalized spacial score (nSPS) is 28.1. The molecule has 3 aliphatic heterocycles. The minimum atomic E-state index is -0.949. The highest BCUT2D eigenvalue weighted by molar-refractivity contribution is 6.23. The van der Waals surface area contributed by atoms with Crippen molar-refractivity contribution in [2.24, 2.45) is 0 Å². The van der Waals surface area contributed by atoms with Crippen LogP contribution in [0.1, 0.15) is 59.9 Å². The lowest BCUT2D eigenvalue weighted by Crippen LogP contribution is -2.54. The SMILES string of the molecule is C[C@H]1OC(C)(C)N[C@@H]1CNCc1ccc2c(c1)C(=O)N(C1CCC(=O)NC1=O)C2=O. The molecule has 2 fully saturated rings. The molecule has 3 atom stereocenters. The Balaban J connectivity index is 1.42. The minimum absolute atomic E-state index is 0.0776. The van der Waals surface area contributed by atoms with Crippen LogP contribution in [0.3, 0.4) is 0 Å². The Bertz CT molecular complexity index is 928. The zero-order chi connectivity index (χ0) is 21.6. The summed E-state index contributed by atoms with van der Waals surface area (Å²) in [4.78, 5) is 50.1. The second kappa shape index (κ2) is 7.57. The summed E-state index contributed by atoms with van der Waals surface area (Å²) in [5, 5.41) is 8.98. The van der Waals surface area contributed by atoms with E-state index >= 15 is 0 Å². The molecule has 1 aromatic carbocycles. The molecule has 1 unspecified atom stereocenters. The van der Waals surface area contributed by atoms with Gasteiger partial charge in [-0.15, -0.1) is 0 Å². The summed E-state index contributed by atoms with van der Waals surface area (Å²) < 4.78 is 5.84. The number of nitrogens with one attached hydrogen (secondary N) is 3. The van der Waals surface area contributed by atoms with Gasteiger partial charge >= 0.3 is 0 Å². The molecule has 0 spiro atoms. The van der Waals surface area contributed by atoms with Gasteiger partial charge in [-0.2, -0.15) is 0 Å². The van der Waals surface area contributed by atoms with E-state index in [4.69, 9.17) is 4.74 Å². The van der Waals surface area contributed by atoms with Crippen LogP contribution in [0, 0.1) is 0 Å². The maximum atomic E-state index is 12.9. The predicted molar refractivity (Wildman–Crippen MR) is 106 cm³/mol. The van der Waals surface area contributed by atoms with Crippen LogP contribution in [-0.4, -0.2) is 59.0 Å². The molecule has 0 bridgehead atoms. The van der Waals surface area contributed by atoms with E-state index in [1.54, 1.807) is 18.2 Å². The number of piperidine rings is 1. The molecule has 4 rings (SSSR count). The van der Waals surface area contributed by atoms with Crippen LogP contribution in [0.5, 0.6) is 0 Å². The molecule has 0 radical (unpaired) electrons. The topological polar surface area (TPSA) is 117 Å². The lowest BCUT2D eigenvalue weighted by atomic mass is 10.0. The maximum Gasteiger partial charge on any atom is 0.262 e. The molecule has 0 aromatic heterocycles. The summed E-state index contributed by atoms with van der Waals surface area (Å²) >= 11 is 0. The van der Waals surface area contributed by atoms with Crippen molar-refractivity contribution in [1.29, 1.82) is 0 Å². The van der Waals surface area contributed by atoms with Crippen molar-refractivity contribution in [2.45, 2.75) is 64.1 Å². The van der Waals surface area contributed by atoms with E-state index in [0.717, 1.165) is 10.5 Å². The first-order valence-electron chi connectivity index (χ1n) is 10.2. The van der Waals surface area contributed by atoms with Crippen LogP contribution in [0.2, 0.25) is 0 Å². The fraction of sp³-hybridized carbons (Fsp3) is 0.524. The number of imide groups is 2. The first-order valence-corrected chi connectivity index (χ1v) is 10.2. The van der Waals surface area contributed by atoms with Crippen molar-refractivity contribution in [3.63, 3.8) is 0 Å². The van der Waals surface area contributed by atoms with Crippen LogP contribution in [0.4, 0.5) is 0 Å². The summed E-state index contributed by atoms with van der Waals surface area (Å²) in [6.45, 7) is 7.22. The van der Waals surface area contributed by atoms with Crippen molar-refractivity contribution < 1.29 is 23.9 Å². The molecule has 3 aliphatic rings. The molecule has 4 amide bonds. The van der Waals surface area contributed by atoms with Gasteiger partial charge in [-0.25, -0.2) is 0 Å². The van der Waals surface area contributed by atoms with Crippen molar-refractivity contribution in [2.75, 3.05) is 6.54 Å². The van der Waals surface area contributed by atoms with Crippen molar-refractivity contribution in [3.8, 4) is 0 Å². The first-order chi connectivity index (χ1) is 14.2. The smallest absolute Gasteiger partial charge is 0.262 e. The van der Waals surface area contributed by atoms with Crippen LogP contribution >= 0.6 is 0 Å². The third-order valence-electron chi connectivity index (χ3n) is 5.78. The third-order valence-corrected chi connectivity index (χ3v) is 5.78. The number of carbonyl (C=O) groups excluding carboxylic acids is 4. The average Bonchev–Trinajstić information content (AvgIpc) is 3.07.